The lowest BCUT2D eigenvalue weighted by Crippen LogP contribution is -2.38. The minimum Gasteiger partial charge on any atom is -0.382 e. The molecule has 0 aliphatic rings. The first-order valence-electron chi connectivity index (χ1n) is 4.81. The van der Waals surface area contributed by atoms with Crippen molar-refractivity contribution in [1.29, 1.82) is 0 Å². The summed E-state index contributed by atoms with van der Waals surface area (Å²) in [5.41, 5.74) is 0.798. The zero-order valence-corrected chi connectivity index (χ0v) is 9.09. The summed E-state index contributed by atoms with van der Waals surface area (Å²) in [5.74, 6) is 0. The van der Waals surface area contributed by atoms with Gasteiger partial charge in [-0.15, -0.1) is 0 Å². The van der Waals surface area contributed by atoms with E-state index in [1.165, 1.54) is 0 Å². The molecule has 16 heavy (non-hydrogen) atoms. The lowest BCUT2D eigenvalue weighted by molar-refractivity contribution is -0.201. The standard InChI is InChI=1S/C11H16F3NO/c1-3-5-9(6-4-2)7-15-8-10(16)11(12,13)14/h3-6,10,15-16H,1,7-8H2,2H3/b6-4-,9-5+. The maximum Gasteiger partial charge on any atom is 0.415 e. The first-order chi connectivity index (χ1) is 7.41. The number of halogens is 3. The van der Waals surface area contributed by atoms with Crippen LogP contribution >= 0.6 is 0 Å². The van der Waals surface area contributed by atoms with Crippen LogP contribution in [0.25, 0.3) is 0 Å². The molecule has 92 valence electrons. The number of allylic oxidation sites excluding steroid dienone is 3. The molecule has 0 rings (SSSR count). The van der Waals surface area contributed by atoms with Gasteiger partial charge in [-0.2, -0.15) is 13.2 Å². The Bertz CT molecular complexity index is 269. The van der Waals surface area contributed by atoms with Gasteiger partial charge in [0.25, 0.3) is 0 Å². The highest BCUT2D eigenvalue weighted by molar-refractivity contribution is 5.23. The molecule has 0 heterocycles. The molecule has 0 bridgehead atoms. The molecule has 1 atom stereocenters. The number of aliphatic hydroxyl groups excluding tert-OH is 1. The Balaban J connectivity index is 4.05. The molecule has 0 aromatic rings. The largest absolute Gasteiger partial charge is 0.415 e. The molecule has 0 aliphatic carbocycles. The molecule has 0 spiro atoms. The molecule has 0 aromatic carbocycles. The molecule has 0 aliphatic heterocycles. The summed E-state index contributed by atoms with van der Waals surface area (Å²) >= 11 is 0. The number of aliphatic hydroxyl groups is 1. The maximum absolute atomic E-state index is 11.9. The fourth-order valence-corrected chi connectivity index (χ4v) is 1.01. The van der Waals surface area contributed by atoms with Gasteiger partial charge >= 0.3 is 6.18 Å². The molecular formula is C11H16F3NO. The average Bonchev–Trinajstić information content (AvgIpc) is 2.16. The Morgan fingerprint density at radius 1 is 1.50 bits per heavy atom. The van der Waals surface area contributed by atoms with Crippen molar-refractivity contribution in [2.24, 2.45) is 0 Å². The molecule has 1 unspecified atom stereocenters. The van der Waals surface area contributed by atoms with Crippen LogP contribution in [0.5, 0.6) is 0 Å². The van der Waals surface area contributed by atoms with E-state index in [0.29, 0.717) is 0 Å². The Labute approximate surface area is 93.2 Å². The van der Waals surface area contributed by atoms with Gasteiger partial charge in [0.1, 0.15) is 0 Å². The van der Waals surface area contributed by atoms with Crippen molar-refractivity contribution in [1.82, 2.24) is 5.32 Å². The summed E-state index contributed by atoms with van der Waals surface area (Å²) < 4.78 is 35.8. The van der Waals surface area contributed by atoms with Gasteiger partial charge in [0.2, 0.25) is 0 Å². The monoisotopic (exact) mass is 235 g/mol. The van der Waals surface area contributed by atoms with Gasteiger partial charge in [0.05, 0.1) is 0 Å². The lowest BCUT2D eigenvalue weighted by Gasteiger charge is -2.15. The van der Waals surface area contributed by atoms with Gasteiger partial charge in [-0.25, -0.2) is 0 Å². The van der Waals surface area contributed by atoms with Crippen LogP contribution in [0.1, 0.15) is 6.92 Å². The number of hydrogen-bond acceptors (Lipinski definition) is 2. The van der Waals surface area contributed by atoms with Crippen LogP contribution in [-0.4, -0.2) is 30.5 Å². The highest BCUT2D eigenvalue weighted by atomic mass is 19.4. The van der Waals surface area contributed by atoms with Crippen molar-refractivity contribution in [3.05, 3.63) is 36.5 Å². The first-order valence-corrected chi connectivity index (χ1v) is 4.81. The third-order valence-corrected chi connectivity index (χ3v) is 1.76. The van der Waals surface area contributed by atoms with Gasteiger partial charge in [-0.3, -0.25) is 0 Å². The predicted octanol–water partition coefficient (Wildman–Crippen LogP) is 2.19. The minimum absolute atomic E-state index is 0.253. The van der Waals surface area contributed by atoms with E-state index in [4.69, 9.17) is 5.11 Å². The van der Waals surface area contributed by atoms with Crippen molar-refractivity contribution >= 4 is 0 Å². The van der Waals surface area contributed by atoms with Crippen LogP contribution < -0.4 is 5.32 Å². The van der Waals surface area contributed by atoms with E-state index in [2.05, 4.69) is 11.9 Å². The van der Waals surface area contributed by atoms with Gasteiger partial charge in [0.15, 0.2) is 6.10 Å². The molecule has 0 saturated heterocycles. The van der Waals surface area contributed by atoms with Crippen LogP contribution in [0.3, 0.4) is 0 Å². The third kappa shape index (κ3) is 6.42. The molecule has 0 aromatic heterocycles. The van der Waals surface area contributed by atoms with Crippen LogP contribution in [0.15, 0.2) is 36.5 Å². The maximum atomic E-state index is 11.9. The van der Waals surface area contributed by atoms with E-state index in [0.717, 1.165) is 5.57 Å². The molecule has 0 fully saturated rings. The molecule has 5 heteroatoms. The van der Waals surface area contributed by atoms with Crippen LogP contribution in [-0.2, 0) is 0 Å². The zero-order chi connectivity index (χ0) is 12.6. The topological polar surface area (TPSA) is 32.3 Å². The Morgan fingerprint density at radius 2 is 2.12 bits per heavy atom. The van der Waals surface area contributed by atoms with Gasteiger partial charge in [-0.05, 0) is 12.5 Å². The highest BCUT2D eigenvalue weighted by Crippen LogP contribution is 2.19. The molecule has 2 N–H and O–H groups in total. The van der Waals surface area contributed by atoms with E-state index in [-0.39, 0.29) is 6.54 Å². The Hall–Kier alpha value is -1.07. The smallest absolute Gasteiger partial charge is 0.382 e. The second kappa shape index (κ2) is 7.24. The summed E-state index contributed by atoms with van der Waals surface area (Å²) in [5, 5.41) is 11.2. The first kappa shape index (κ1) is 14.9. The summed E-state index contributed by atoms with van der Waals surface area (Å²) in [6.45, 7) is 5.04. The van der Waals surface area contributed by atoms with Crippen LogP contribution in [0.4, 0.5) is 13.2 Å². The second-order valence-electron chi connectivity index (χ2n) is 3.17. The van der Waals surface area contributed by atoms with Crippen molar-refractivity contribution in [2.75, 3.05) is 13.1 Å². The number of nitrogens with one attached hydrogen (secondary N) is 1. The fourth-order valence-electron chi connectivity index (χ4n) is 1.01. The quantitative estimate of drug-likeness (QED) is 0.692. The van der Waals surface area contributed by atoms with Crippen molar-refractivity contribution in [2.45, 2.75) is 19.2 Å². The predicted molar refractivity (Wildman–Crippen MR) is 58.0 cm³/mol. The van der Waals surface area contributed by atoms with Crippen LogP contribution in [0.2, 0.25) is 0 Å². The van der Waals surface area contributed by atoms with Gasteiger partial charge in [-0.1, -0.05) is 30.9 Å². The zero-order valence-electron chi connectivity index (χ0n) is 9.09. The second-order valence-corrected chi connectivity index (χ2v) is 3.17. The Kier molecular flexibility index (Phi) is 6.76. The van der Waals surface area contributed by atoms with E-state index >= 15 is 0 Å². The fraction of sp³-hybridized carbons (Fsp3) is 0.455. The third-order valence-electron chi connectivity index (χ3n) is 1.76. The molecule has 2 nitrogen and oxygen atoms in total. The normalized spacial score (nSPS) is 15.4. The SMILES string of the molecule is C=C/C=C(\C=C/C)CNCC(O)C(F)(F)F. The number of hydrogen-bond donors (Lipinski definition) is 2. The molecule has 0 saturated carbocycles. The minimum atomic E-state index is -4.57. The number of rotatable bonds is 6. The summed E-state index contributed by atoms with van der Waals surface area (Å²) in [6, 6.07) is 0. The highest BCUT2D eigenvalue weighted by Gasteiger charge is 2.37. The van der Waals surface area contributed by atoms with Crippen molar-refractivity contribution in [3.63, 3.8) is 0 Å². The lowest BCUT2D eigenvalue weighted by atomic mass is 10.2. The van der Waals surface area contributed by atoms with Gasteiger partial charge < -0.3 is 10.4 Å². The summed E-state index contributed by atoms with van der Waals surface area (Å²) in [7, 11) is 0. The van der Waals surface area contributed by atoms with E-state index in [9.17, 15) is 13.2 Å². The summed E-state index contributed by atoms with van der Waals surface area (Å²) in [6.07, 6.45) is -0.130. The number of alkyl halides is 3. The van der Waals surface area contributed by atoms with Crippen molar-refractivity contribution in [3.8, 4) is 0 Å². The van der Waals surface area contributed by atoms with E-state index in [1.807, 2.05) is 6.92 Å². The molecule has 0 radical (unpaired) electrons. The van der Waals surface area contributed by atoms with Crippen molar-refractivity contribution < 1.29 is 18.3 Å². The van der Waals surface area contributed by atoms with Crippen LogP contribution in [0, 0.1) is 0 Å². The Morgan fingerprint density at radius 3 is 2.56 bits per heavy atom. The molecular weight excluding hydrogens is 219 g/mol. The van der Waals surface area contributed by atoms with E-state index < -0.39 is 18.8 Å². The van der Waals surface area contributed by atoms with Gasteiger partial charge in [0, 0.05) is 13.1 Å². The average molecular weight is 235 g/mol. The molecule has 0 amide bonds. The van der Waals surface area contributed by atoms with E-state index in [1.54, 1.807) is 24.3 Å². The summed E-state index contributed by atoms with van der Waals surface area (Å²) in [4.78, 5) is 0.